The molecule has 0 saturated heterocycles. The van der Waals surface area contributed by atoms with Crippen LogP contribution in [-0.4, -0.2) is 52.1 Å². The summed E-state index contributed by atoms with van der Waals surface area (Å²) in [6, 6.07) is 0. The minimum Gasteiger partial charge on any atom is -0.478 e. The fourth-order valence-corrected chi connectivity index (χ4v) is 3.89. The molecule has 2 atom stereocenters. The summed E-state index contributed by atoms with van der Waals surface area (Å²) in [4.78, 5) is 7.43. The van der Waals surface area contributed by atoms with Crippen LogP contribution in [0.1, 0.15) is 12.6 Å². The average molecular weight is 444 g/mol. The lowest BCUT2D eigenvalue weighted by molar-refractivity contribution is -0.118. The maximum Gasteiger partial charge on any atom is 0.408 e. The zero-order valence-electron chi connectivity index (χ0n) is 14.1. The van der Waals surface area contributed by atoms with Crippen molar-refractivity contribution in [2.24, 2.45) is 19.5 Å². The predicted octanol–water partition coefficient (Wildman–Crippen LogP) is 1.64. The maximum absolute atomic E-state index is 12.1. The van der Waals surface area contributed by atoms with Gasteiger partial charge in [-0.25, -0.2) is 14.2 Å². The van der Waals surface area contributed by atoms with Crippen LogP contribution < -0.4 is 16.4 Å². The maximum atomic E-state index is 12.1. The molecule has 0 spiro atoms. The van der Waals surface area contributed by atoms with Crippen molar-refractivity contribution < 1.29 is 22.1 Å². The van der Waals surface area contributed by atoms with Gasteiger partial charge in [0.15, 0.2) is 11.1 Å². The van der Waals surface area contributed by atoms with Crippen LogP contribution >= 0.6 is 23.1 Å². The van der Waals surface area contributed by atoms with Gasteiger partial charge in [-0.05, 0) is 6.92 Å². The molecule has 150 valence electrons. The second kappa shape index (κ2) is 9.36. The molecule has 2 rings (SSSR count). The molecular weight excluding hydrogens is 427 g/mol. The highest BCUT2D eigenvalue weighted by atomic mass is 32.2. The highest BCUT2D eigenvalue weighted by Gasteiger charge is 2.26. The molecule has 1 aliphatic rings. The molecule has 1 aromatic heterocycles. The Balaban J connectivity index is 1.81. The highest BCUT2D eigenvalue weighted by molar-refractivity contribution is 7.99. The third-order valence-corrected chi connectivity index (χ3v) is 5.31. The Morgan fingerprint density at radius 1 is 1.52 bits per heavy atom. The first kappa shape index (κ1) is 21.4. The topological polar surface area (TPSA) is 126 Å². The smallest absolute Gasteiger partial charge is 0.408 e. The molecule has 0 bridgehead atoms. The van der Waals surface area contributed by atoms with Crippen molar-refractivity contribution >= 4 is 57.1 Å². The van der Waals surface area contributed by atoms with E-state index in [0.29, 0.717) is 22.4 Å². The summed E-state index contributed by atoms with van der Waals surface area (Å²) in [6.07, 6.45) is -4.41. The molecule has 0 fully saturated rings. The van der Waals surface area contributed by atoms with E-state index in [2.05, 4.69) is 29.4 Å². The van der Waals surface area contributed by atoms with Crippen molar-refractivity contribution in [3.8, 4) is 0 Å². The summed E-state index contributed by atoms with van der Waals surface area (Å²) in [5, 5.41) is 7.54. The lowest BCUT2D eigenvalue weighted by atomic mass is 10.5. The molecule has 0 radical (unpaired) electrons. The number of nitrogens with one attached hydrogen (secondary N) is 2. The Morgan fingerprint density at radius 3 is 2.93 bits per heavy atom. The first-order valence-electron chi connectivity index (χ1n) is 7.26. The normalized spacial score (nSPS) is 18.7. The third kappa shape index (κ3) is 7.34. The number of nitrogens with zero attached hydrogens (tertiary/aromatic N) is 4. The number of thioether (sulfide) groups is 1. The van der Waals surface area contributed by atoms with Gasteiger partial charge in [0.1, 0.15) is 6.54 Å². The number of nitrogens with two attached hydrogens (primary N) is 1. The Morgan fingerprint density at radius 2 is 2.26 bits per heavy atom. The SMILES string of the molecule is COC1=NS(=O)N=C1NC(C)SCc1csc(NC(N)=NCC(F)(F)F)n1. The summed E-state index contributed by atoms with van der Waals surface area (Å²) >= 11 is 0.997. The lowest BCUT2D eigenvalue weighted by Crippen LogP contribution is -2.35. The molecular formula is C12H16F3N7O2S3. The Labute approximate surface area is 163 Å². The van der Waals surface area contributed by atoms with E-state index in [1.807, 2.05) is 6.92 Å². The molecule has 15 heteroatoms. The molecule has 1 aromatic rings. The second-order valence-electron chi connectivity index (χ2n) is 4.95. The van der Waals surface area contributed by atoms with Gasteiger partial charge < -0.3 is 21.1 Å². The van der Waals surface area contributed by atoms with Crippen LogP contribution in [0.5, 0.6) is 0 Å². The molecule has 0 aromatic carbocycles. The van der Waals surface area contributed by atoms with Gasteiger partial charge >= 0.3 is 6.18 Å². The number of aliphatic imine (C=N–C) groups is 1. The fraction of sp³-hybridized carbons (Fsp3) is 0.500. The lowest BCUT2D eigenvalue weighted by Gasteiger charge is -2.13. The summed E-state index contributed by atoms with van der Waals surface area (Å²) in [5.41, 5.74) is 6.11. The quantitative estimate of drug-likeness (QED) is 0.347. The number of thiazole rings is 1. The van der Waals surface area contributed by atoms with Crippen molar-refractivity contribution in [1.29, 1.82) is 0 Å². The number of hydrogen-bond donors (Lipinski definition) is 3. The van der Waals surface area contributed by atoms with E-state index in [1.165, 1.54) is 30.2 Å². The van der Waals surface area contributed by atoms with Crippen LogP contribution in [0.15, 0.2) is 19.2 Å². The van der Waals surface area contributed by atoms with Gasteiger partial charge in [-0.3, -0.25) is 0 Å². The fourth-order valence-electron chi connectivity index (χ4n) is 1.67. The Hall–Kier alpha value is -1.87. The van der Waals surface area contributed by atoms with Crippen molar-refractivity contribution in [3.63, 3.8) is 0 Å². The monoisotopic (exact) mass is 443 g/mol. The largest absolute Gasteiger partial charge is 0.478 e. The summed E-state index contributed by atoms with van der Waals surface area (Å²) in [5.74, 6) is 0.649. The van der Waals surface area contributed by atoms with Crippen molar-refractivity contribution in [2.45, 2.75) is 24.2 Å². The minimum atomic E-state index is -4.41. The minimum absolute atomic E-state index is 0.115. The molecule has 27 heavy (non-hydrogen) atoms. The average Bonchev–Trinajstić information content (AvgIpc) is 3.16. The molecule has 0 aliphatic carbocycles. The van der Waals surface area contributed by atoms with Crippen LogP contribution in [0.3, 0.4) is 0 Å². The van der Waals surface area contributed by atoms with Crippen molar-refractivity contribution in [2.75, 3.05) is 19.0 Å². The Kier molecular flexibility index (Phi) is 7.43. The van der Waals surface area contributed by atoms with Crippen LogP contribution in [0, 0.1) is 0 Å². The van der Waals surface area contributed by atoms with Gasteiger partial charge in [0.25, 0.3) is 17.1 Å². The number of alkyl halides is 3. The number of anilines is 1. The van der Waals surface area contributed by atoms with Gasteiger partial charge in [0.2, 0.25) is 5.84 Å². The number of amidine groups is 1. The van der Waals surface area contributed by atoms with E-state index in [4.69, 9.17) is 10.5 Å². The number of aromatic nitrogens is 1. The van der Waals surface area contributed by atoms with Crippen LogP contribution in [-0.2, 0) is 21.7 Å². The van der Waals surface area contributed by atoms with Gasteiger partial charge in [-0.1, -0.05) is 0 Å². The van der Waals surface area contributed by atoms with E-state index in [1.54, 1.807) is 5.38 Å². The van der Waals surface area contributed by atoms with Gasteiger partial charge in [-0.2, -0.15) is 13.2 Å². The number of hydrogen-bond acceptors (Lipinski definition) is 7. The van der Waals surface area contributed by atoms with Crippen LogP contribution in [0.4, 0.5) is 18.3 Å². The summed E-state index contributed by atoms with van der Waals surface area (Å²) < 4.78 is 60.1. The molecule has 2 unspecified atom stereocenters. The predicted molar refractivity (Wildman–Crippen MR) is 102 cm³/mol. The van der Waals surface area contributed by atoms with E-state index in [0.717, 1.165) is 0 Å². The molecule has 2 heterocycles. The van der Waals surface area contributed by atoms with Gasteiger partial charge in [-0.15, -0.1) is 31.9 Å². The molecule has 4 N–H and O–H groups in total. The first-order chi connectivity index (χ1) is 12.7. The molecule has 0 amide bonds. The second-order valence-corrected chi connectivity index (χ2v) is 7.97. The molecule has 9 nitrogen and oxygen atoms in total. The summed E-state index contributed by atoms with van der Waals surface area (Å²) in [6.45, 7) is 0.513. The highest BCUT2D eigenvalue weighted by Crippen LogP contribution is 2.22. The van der Waals surface area contributed by atoms with E-state index < -0.39 is 23.9 Å². The van der Waals surface area contributed by atoms with Gasteiger partial charge in [0, 0.05) is 11.1 Å². The van der Waals surface area contributed by atoms with Gasteiger partial charge in [0.05, 0.1) is 18.2 Å². The van der Waals surface area contributed by atoms with E-state index in [9.17, 15) is 17.4 Å². The zero-order valence-corrected chi connectivity index (χ0v) is 16.6. The Bertz CT molecular complexity index is 779. The van der Waals surface area contributed by atoms with Crippen LogP contribution in [0.2, 0.25) is 0 Å². The molecule has 0 saturated carbocycles. The number of methoxy groups -OCH3 is 1. The van der Waals surface area contributed by atoms with Crippen molar-refractivity contribution in [1.82, 2.24) is 10.3 Å². The third-order valence-electron chi connectivity index (χ3n) is 2.76. The number of guanidine groups is 1. The molecule has 1 aliphatic heterocycles. The number of ether oxygens (including phenoxy) is 1. The van der Waals surface area contributed by atoms with E-state index in [-0.39, 0.29) is 17.2 Å². The number of rotatable bonds is 6. The van der Waals surface area contributed by atoms with E-state index >= 15 is 0 Å². The standard InChI is InChI=1S/C12H16F3N7O2S3/c1-6(18-8-9(24-2)22-27(23)21-8)25-3-7-4-26-11(19-7)20-10(16)17-5-12(13,14)15/h4,6H,3,5H2,1-2H3,(H,18,21)(H3,16,17,19,20). The first-order valence-corrected chi connectivity index (χ1v) is 10.3. The number of halogens is 3. The summed E-state index contributed by atoms with van der Waals surface area (Å²) in [7, 11) is 1.41. The zero-order chi connectivity index (χ0) is 20.0. The van der Waals surface area contributed by atoms with Crippen LogP contribution in [0.25, 0.3) is 0 Å². The van der Waals surface area contributed by atoms with Crippen molar-refractivity contribution in [3.05, 3.63) is 11.1 Å².